The third kappa shape index (κ3) is 4.27. The van der Waals surface area contributed by atoms with Crippen LogP contribution in [0.3, 0.4) is 0 Å². The second-order valence-electron chi connectivity index (χ2n) is 7.72. The first kappa shape index (κ1) is 20.1. The molecule has 0 bridgehead atoms. The summed E-state index contributed by atoms with van der Waals surface area (Å²) in [5.74, 6) is -0.314. The standard InChI is InChI=1S/C19H22ClFN4O3/c1-11-9-24(18(27)28-19(2,3)4)10-16-22-8-15(25(11)16)17(26)23-14-6-5-12(21)7-13(14)20/h5-8,11H,9-10H2,1-4H3,(H,23,26)/t11-/m1/s1. The Bertz CT molecular complexity index is 922. The van der Waals surface area contributed by atoms with Gasteiger partial charge in [0.1, 0.15) is 22.9 Å². The maximum absolute atomic E-state index is 13.2. The molecule has 2 amide bonds. The molecule has 2 aromatic rings. The molecule has 0 saturated carbocycles. The smallest absolute Gasteiger partial charge is 0.410 e. The average molecular weight is 409 g/mol. The van der Waals surface area contributed by atoms with Gasteiger partial charge in [-0.3, -0.25) is 9.69 Å². The predicted octanol–water partition coefficient (Wildman–Crippen LogP) is 4.24. The van der Waals surface area contributed by atoms with Crippen LogP contribution in [0.25, 0.3) is 0 Å². The van der Waals surface area contributed by atoms with Gasteiger partial charge in [-0.1, -0.05) is 11.6 Å². The first-order valence-corrected chi connectivity index (χ1v) is 9.23. The van der Waals surface area contributed by atoms with Crippen molar-refractivity contribution in [3.05, 3.63) is 46.8 Å². The Morgan fingerprint density at radius 2 is 2.07 bits per heavy atom. The molecule has 1 atom stereocenters. The molecular formula is C19H22ClFN4O3. The van der Waals surface area contributed by atoms with E-state index in [1.54, 1.807) is 9.47 Å². The molecular weight excluding hydrogens is 387 g/mol. The Hall–Kier alpha value is -2.61. The number of fused-ring (bicyclic) bond motifs is 1. The van der Waals surface area contributed by atoms with Gasteiger partial charge in [-0.05, 0) is 45.9 Å². The summed E-state index contributed by atoms with van der Waals surface area (Å²) in [6.45, 7) is 7.94. The van der Waals surface area contributed by atoms with Gasteiger partial charge in [-0.15, -0.1) is 0 Å². The van der Waals surface area contributed by atoms with Gasteiger partial charge < -0.3 is 14.6 Å². The van der Waals surface area contributed by atoms with E-state index in [-0.39, 0.29) is 17.6 Å². The van der Waals surface area contributed by atoms with E-state index in [1.165, 1.54) is 18.3 Å². The van der Waals surface area contributed by atoms with Crippen molar-refractivity contribution in [3.8, 4) is 0 Å². The van der Waals surface area contributed by atoms with Crippen LogP contribution in [0, 0.1) is 5.82 Å². The molecule has 2 heterocycles. The molecule has 0 aliphatic carbocycles. The first-order valence-electron chi connectivity index (χ1n) is 8.85. The van der Waals surface area contributed by atoms with Crippen molar-refractivity contribution in [1.82, 2.24) is 14.5 Å². The minimum absolute atomic E-state index is 0.107. The zero-order valence-corrected chi connectivity index (χ0v) is 16.9. The van der Waals surface area contributed by atoms with E-state index >= 15 is 0 Å². The molecule has 1 aromatic carbocycles. The minimum Gasteiger partial charge on any atom is -0.444 e. The predicted molar refractivity (Wildman–Crippen MR) is 103 cm³/mol. The lowest BCUT2D eigenvalue weighted by atomic mass is 10.2. The first-order chi connectivity index (χ1) is 13.0. The normalized spacial score (nSPS) is 16.5. The monoisotopic (exact) mass is 408 g/mol. The summed E-state index contributed by atoms with van der Waals surface area (Å²) in [6.07, 6.45) is 1.04. The van der Waals surface area contributed by atoms with Crippen molar-refractivity contribution >= 4 is 29.3 Å². The largest absolute Gasteiger partial charge is 0.444 e. The summed E-state index contributed by atoms with van der Waals surface area (Å²) < 4.78 is 20.4. The Labute approximate surface area is 167 Å². The maximum Gasteiger partial charge on any atom is 0.410 e. The van der Waals surface area contributed by atoms with Crippen LogP contribution in [0.5, 0.6) is 0 Å². The number of imidazole rings is 1. The number of ether oxygens (including phenoxy) is 1. The van der Waals surface area contributed by atoms with Crippen LogP contribution < -0.4 is 5.32 Å². The third-order valence-electron chi connectivity index (χ3n) is 4.19. The number of hydrogen-bond acceptors (Lipinski definition) is 4. The second kappa shape index (κ2) is 7.43. The summed E-state index contributed by atoms with van der Waals surface area (Å²) in [5, 5.41) is 2.78. The van der Waals surface area contributed by atoms with Crippen LogP contribution in [0.15, 0.2) is 24.4 Å². The van der Waals surface area contributed by atoms with Gasteiger partial charge in [0.15, 0.2) is 0 Å². The number of carbonyl (C=O) groups excluding carboxylic acids is 2. The fraction of sp³-hybridized carbons (Fsp3) is 0.421. The molecule has 0 radical (unpaired) electrons. The number of rotatable bonds is 2. The van der Waals surface area contributed by atoms with E-state index in [0.717, 1.165) is 6.07 Å². The highest BCUT2D eigenvalue weighted by atomic mass is 35.5. The summed E-state index contributed by atoms with van der Waals surface area (Å²) in [5.41, 5.74) is 0.0568. The number of carbonyl (C=O) groups is 2. The van der Waals surface area contributed by atoms with Gasteiger partial charge >= 0.3 is 6.09 Å². The highest BCUT2D eigenvalue weighted by molar-refractivity contribution is 6.33. The second-order valence-corrected chi connectivity index (χ2v) is 8.13. The lowest BCUT2D eigenvalue weighted by molar-refractivity contribution is 0.0169. The van der Waals surface area contributed by atoms with E-state index in [9.17, 15) is 14.0 Å². The molecule has 1 aliphatic heterocycles. The summed E-state index contributed by atoms with van der Waals surface area (Å²) in [7, 11) is 0. The number of anilines is 1. The number of nitrogens with zero attached hydrogens (tertiary/aromatic N) is 3. The molecule has 3 rings (SSSR count). The van der Waals surface area contributed by atoms with Crippen molar-refractivity contribution in [2.75, 3.05) is 11.9 Å². The maximum atomic E-state index is 13.2. The molecule has 0 fully saturated rings. The van der Waals surface area contributed by atoms with E-state index in [2.05, 4.69) is 10.3 Å². The highest BCUT2D eigenvalue weighted by Gasteiger charge is 2.32. The van der Waals surface area contributed by atoms with Crippen LogP contribution in [0.4, 0.5) is 14.9 Å². The topological polar surface area (TPSA) is 76.5 Å². The van der Waals surface area contributed by atoms with Crippen molar-refractivity contribution < 1.29 is 18.7 Å². The zero-order chi connectivity index (χ0) is 20.6. The fourth-order valence-corrected chi connectivity index (χ4v) is 3.27. The molecule has 1 aliphatic rings. The molecule has 150 valence electrons. The van der Waals surface area contributed by atoms with Gasteiger partial charge in [0.05, 0.1) is 29.5 Å². The van der Waals surface area contributed by atoms with Gasteiger partial charge in [-0.2, -0.15) is 0 Å². The molecule has 28 heavy (non-hydrogen) atoms. The Morgan fingerprint density at radius 3 is 2.71 bits per heavy atom. The highest BCUT2D eigenvalue weighted by Crippen LogP contribution is 2.27. The third-order valence-corrected chi connectivity index (χ3v) is 4.51. The quantitative estimate of drug-likeness (QED) is 0.806. The molecule has 1 aromatic heterocycles. The van der Waals surface area contributed by atoms with Crippen molar-refractivity contribution in [2.45, 2.75) is 45.9 Å². The molecule has 0 spiro atoms. The summed E-state index contributed by atoms with van der Waals surface area (Å²) >= 11 is 5.98. The molecule has 7 nitrogen and oxygen atoms in total. The SMILES string of the molecule is C[C@@H]1CN(C(=O)OC(C)(C)C)Cc2ncc(C(=O)Nc3ccc(F)cc3Cl)n21. The van der Waals surface area contributed by atoms with Crippen molar-refractivity contribution in [3.63, 3.8) is 0 Å². The van der Waals surface area contributed by atoms with E-state index < -0.39 is 23.4 Å². The summed E-state index contributed by atoms with van der Waals surface area (Å²) in [6, 6.07) is 3.57. The van der Waals surface area contributed by atoms with Gasteiger partial charge in [0.25, 0.3) is 5.91 Å². The van der Waals surface area contributed by atoms with E-state index in [0.29, 0.717) is 23.8 Å². The number of hydrogen-bond donors (Lipinski definition) is 1. The Balaban J connectivity index is 1.79. The number of benzene rings is 1. The van der Waals surface area contributed by atoms with Gasteiger partial charge in [-0.25, -0.2) is 14.2 Å². The average Bonchev–Trinajstić information content (AvgIpc) is 3.00. The van der Waals surface area contributed by atoms with Gasteiger partial charge in [0.2, 0.25) is 0 Å². The number of amides is 2. The Morgan fingerprint density at radius 1 is 1.36 bits per heavy atom. The molecule has 0 saturated heterocycles. The zero-order valence-electron chi connectivity index (χ0n) is 16.1. The number of halogens is 2. The van der Waals surface area contributed by atoms with E-state index in [4.69, 9.17) is 16.3 Å². The fourth-order valence-electron chi connectivity index (χ4n) is 3.05. The van der Waals surface area contributed by atoms with Crippen LogP contribution in [0.1, 0.15) is 50.0 Å². The number of aromatic nitrogens is 2. The lowest BCUT2D eigenvalue weighted by Gasteiger charge is -2.34. The number of nitrogens with one attached hydrogen (secondary N) is 1. The van der Waals surface area contributed by atoms with Crippen LogP contribution >= 0.6 is 11.6 Å². The van der Waals surface area contributed by atoms with Gasteiger partial charge in [0, 0.05) is 6.54 Å². The molecule has 1 N–H and O–H groups in total. The minimum atomic E-state index is -0.591. The van der Waals surface area contributed by atoms with Crippen molar-refractivity contribution in [1.29, 1.82) is 0 Å². The van der Waals surface area contributed by atoms with Crippen molar-refractivity contribution in [2.24, 2.45) is 0 Å². The van der Waals surface area contributed by atoms with Crippen LogP contribution in [0.2, 0.25) is 5.02 Å². The van der Waals surface area contributed by atoms with Crippen LogP contribution in [-0.4, -0.2) is 38.6 Å². The summed E-state index contributed by atoms with van der Waals surface area (Å²) in [4.78, 5) is 30.9. The van der Waals surface area contributed by atoms with Crippen LogP contribution in [-0.2, 0) is 11.3 Å². The lowest BCUT2D eigenvalue weighted by Crippen LogP contribution is -2.43. The van der Waals surface area contributed by atoms with E-state index in [1.807, 2.05) is 27.7 Å². The molecule has 9 heteroatoms. The Kier molecular flexibility index (Phi) is 5.34. The molecule has 0 unspecified atom stereocenters.